The number of imide groups is 1. The van der Waals surface area contributed by atoms with Gasteiger partial charge in [-0.1, -0.05) is 18.2 Å². The third kappa shape index (κ3) is 3.12. The van der Waals surface area contributed by atoms with Crippen LogP contribution in [0.4, 0.5) is 4.79 Å². The normalized spacial score (nSPS) is 15.5. The molecule has 1 aromatic heterocycles. The highest BCUT2D eigenvalue weighted by Crippen LogP contribution is 2.31. The highest BCUT2D eigenvalue weighted by Gasteiger charge is 2.26. The van der Waals surface area contributed by atoms with Crippen LogP contribution >= 0.6 is 11.8 Å². The van der Waals surface area contributed by atoms with Crippen molar-refractivity contribution in [1.82, 2.24) is 15.1 Å². The minimum atomic E-state index is -0.413. The van der Waals surface area contributed by atoms with E-state index in [1.165, 1.54) is 0 Å². The van der Waals surface area contributed by atoms with Crippen LogP contribution in [0.15, 0.2) is 65.7 Å². The molecule has 0 atom stereocenters. The van der Waals surface area contributed by atoms with Gasteiger partial charge in [0, 0.05) is 17.3 Å². The molecule has 0 unspecified atom stereocenters. The van der Waals surface area contributed by atoms with Crippen LogP contribution in [0.25, 0.3) is 23.0 Å². The number of carbonyl (C=O) groups excluding carboxylic acids is 2. The molecule has 0 saturated carbocycles. The number of nitrogens with zero attached hydrogens (tertiary/aromatic N) is 2. The van der Waals surface area contributed by atoms with Gasteiger partial charge in [0.2, 0.25) is 0 Å². The number of nitrogens with one attached hydrogen (secondary N) is 1. The summed E-state index contributed by atoms with van der Waals surface area (Å²) in [7, 11) is 0. The number of amides is 2. The first-order valence-corrected chi connectivity index (χ1v) is 8.61. The molecule has 3 aromatic rings. The van der Waals surface area contributed by atoms with Crippen molar-refractivity contribution in [2.75, 3.05) is 0 Å². The minimum absolute atomic E-state index is 0.160. The van der Waals surface area contributed by atoms with Crippen molar-refractivity contribution in [3.63, 3.8) is 0 Å². The first-order valence-electron chi connectivity index (χ1n) is 7.79. The number of aromatic nitrogens is 2. The van der Waals surface area contributed by atoms with E-state index in [4.69, 9.17) is 0 Å². The average molecular weight is 363 g/mol. The lowest BCUT2D eigenvalue weighted by Crippen LogP contribution is -2.17. The molecule has 0 spiro atoms. The van der Waals surface area contributed by atoms with Gasteiger partial charge in [0.15, 0.2) is 0 Å². The second-order valence-electron chi connectivity index (χ2n) is 5.61. The Labute approximate surface area is 153 Å². The van der Waals surface area contributed by atoms with Gasteiger partial charge in [-0.2, -0.15) is 5.10 Å². The molecule has 4 rings (SSSR count). The molecular weight excluding hydrogens is 350 g/mol. The molecule has 0 radical (unpaired) electrons. The van der Waals surface area contributed by atoms with Gasteiger partial charge in [-0.25, -0.2) is 4.68 Å². The maximum Gasteiger partial charge on any atom is 0.290 e. The van der Waals surface area contributed by atoms with Gasteiger partial charge in [-0.3, -0.25) is 14.9 Å². The Kier molecular flexibility index (Phi) is 4.06. The number of phenols is 1. The molecule has 1 aliphatic rings. The van der Waals surface area contributed by atoms with Gasteiger partial charge in [0.1, 0.15) is 5.75 Å². The van der Waals surface area contributed by atoms with E-state index >= 15 is 0 Å². The fraction of sp³-hybridized carbons (Fsp3) is 0. The summed E-state index contributed by atoms with van der Waals surface area (Å²) in [6.07, 6.45) is 3.46. The molecule has 2 N–H and O–H groups in total. The van der Waals surface area contributed by atoms with E-state index in [1.54, 1.807) is 41.2 Å². The summed E-state index contributed by atoms with van der Waals surface area (Å²) in [6, 6.07) is 16.2. The van der Waals surface area contributed by atoms with Crippen molar-refractivity contribution in [3.8, 4) is 22.7 Å². The summed E-state index contributed by atoms with van der Waals surface area (Å²) in [4.78, 5) is 23.6. The fourth-order valence-corrected chi connectivity index (χ4v) is 3.28. The first kappa shape index (κ1) is 16.2. The second-order valence-corrected chi connectivity index (χ2v) is 6.63. The number of para-hydroxylation sites is 1. The molecular formula is C19H13N3O3S. The standard InChI is InChI=1S/C19H13N3O3S/c23-15-8-6-12(7-9-15)17-13(10-16-18(24)20-19(25)26-16)11-22(21-17)14-4-2-1-3-5-14/h1-11,23H,(H,20,24,25)/b16-10-. The quantitative estimate of drug-likeness (QED) is 0.695. The van der Waals surface area contributed by atoms with Gasteiger partial charge in [0.25, 0.3) is 11.1 Å². The van der Waals surface area contributed by atoms with Gasteiger partial charge in [0.05, 0.1) is 16.3 Å². The summed E-state index contributed by atoms with van der Waals surface area (Å²) >= 11 is 0.864. The lowest BCUT2D eigenvalue weighted by molar-refractivity contribution is -0.115. The van der Waals surface area contributed by atoms with E-state index in [9.17, 15) is 14.7 Å². The van der Waals surface area contributed by atoms with Crippen molar-refractivity contribution in [1.29, 1.82) is 0 Å². The van der Waals surface area contributed by atoms with Gasteiger partial charge in [-0.05, 0) is 54.2 Å². The van der Waals surface area contributed by atoms with Crippen molar-refractivity contribution >= 4 is 29.0 Å². The first-order chi connectivity index (χ1) is 12.6. The minimum Gasteiger partial charge on any atom is -0.508 e. The summed E-state index contributed by atoms with van der Waals surface area (Å²) in [5.74, 6) is -0.253. The van der Waals surface area contributed by atoms with Crippen LogP contribution in [0.2, 0.25) is 0 Å². The Hall–Kier alpha value is -3.32. The average Bonchev–Trinajstić information content (AvgIpc) is 3.20. The molecule has 6 nitrogen and oxygen atoms in total. The highest BCUT2D eigenvalue weighted by atomic mass is 32.2. The van der Waals surface area contributed by atoms with Gasteiger partial charge < -0.3 is 5.11 Å². The molecule has 1 saturated heterocycles. The molecule has 2 aromatic carbocycles. The maximum absolute atomic E-state index is 11.9. The molecule has 2 heterocycles. The van der Waals surface area contributed by atoms with Crippen molar-refractivity contribution in [3.05, 3.63) is 71.3 Å². The number of hydrogen-bond donors (Lipinski definition) is 2. The number of aromatic hydroxyl groups is 1. The third-order valence-electron chi connectivity index (χ3n) is 3.83. The van der Waals surface area contributed by atoms with Crippen LogP contribution in [-0.2, 0) is 4.79 Å². The molecule has 26 heavy (non-hydrogen) atoms. The largest absolute Gasteiger partial charge is 0.508 e. The second kappa shape index (κ2) is 6.53. The van der Waals surface area contributed by atoms with Gasteiger partial charge in [-0.15, -0.1) is 0 Å². The number of rotatable bonds is 3. The van der Waals surface area contributed by atoms with Crippen LogP contribution in [0.1, 0.15) is 5.56 Å². The van der Waals surface area contributed by atoms with E-state index in [1.807, 2.05) is 30.3 Å². The van der Waals surface area contributed by atoms with Crippen LogP contribution < -0.4 is 5.32 Å². The Balaban J connectivity index is 1.84. The van der Waals surface area contributed by atoms with E-state index < -0.39 is 5.91 Å². The van der Waals surface area contributed by atoms with Crippen LogP contribution in [0, 0.1) is 0 Å². The van der Waals surface area contributed by atoms with Crippen molar-refractivity contribution < 1.29 is 14.7 Å². The van der Waals surface area contributed by atoms with E-state index in [0.717, 1.165) is 23.0 Å². The molecule has 1 aliphatic heterocycles. The Bertz CT molecular complexity index is 1020. The zero-order valence-electron chi connectivity index (χ0n) is 13.4. The molecule has 128 valence electrons. The van der Waals surface area contributed by atoms with E-state index in [0.29, 0.717) is 16.2 Å². The lowest BCUT2D eigenvalue weighted by atomic mass is 10.1. The van der Waals surface area contributed by atoms with Crippen molar-refractivity contribution in [2.45, 2.75) is 0 Å². The van der Waals surface area contributed by atoms with Crippen molar-refractivity contribution in [2.24, 2.45) is 0 Å². The summed E-state index contributed by atoms with van der Waals surface area (Å²) < 4.78 is 1.72. The molecule has 0 aliphatic carbocycles. The number of carbonyl (C=O) groups is 2. The Morgan fingerprint density at radius 1 is 1.04 bits per heavy atom. The molecule has 1 fully saturated rings. The zero-order chi connectivity index (χ0) is 18.1. The monoisotopic (exact) mass is 363 g/mol. The Morgan fingerprint density at radius 2 is 1.77 bits per heavy atom. The predicted octanol–water partition coefficient (Wildman–Crippen LogP) is 3.57. The summed E-state index contributed by atoms with van der Waals surface area (Å²) in [5.41, 5.74) is 3.01. The summed E-state index contributed by atoms with van der Waals surface area (Å²) in [6.45, 7) is 0. The van der Waals surface area contributed by atoms with E-state index in [2.05, 4.69) is 10.4 Å². The molecule has 7 heteroatoms. The Morgan fingerprint density at radius 3 is 2.42 bits per heavy atom. The van der Waals surface area contributed by atoms with Crippen LogP contribution in [-0.4, -0.2) is 26.0 Å². The number of phenolic OH excluding ortho intramolecular Hbond substituents is 1. The van der Waals surface area contributed by atoms with E-state index in [-0.39, 0.29) is 11.0 Å². The molecule has 2 amide bonds. The zero-order valence-corrected chi connectivity index (χ0v) is 14.2. The smallest absolute Gasteiger partial charge is 0.290 e. The fourth-order valence-electron chi connectivity index (χ4n) is 2.61. The van der Waals surface area contributed by atoms with Crippen LogP contribution in [0.5, 0.6) is 5.75 Å². The maximum atomic E-state index is 11.9. The van der Waals surface area contributed by atoms with Gasteiger partial charge >= 0.3 is 0 Å². The van der Waals surface area contributed by atoms with Crippen LogP contribution in [0.3, 0.4) is 0 Å². The topological polar surface area (TPSA) is 84.2 Å². The SMILES string of the molecule is O=C1NC(=O)/C(=C/c2cn(-c3ccccc3)nc2-c2ccc(O)cc2)S1. The number of hydrogen-bond acceptors (Lipinski definition) is 5. The molecule has 0 bridgehead atoms. The number of benzene rings is 2. The summed E-state index contributed by atoms with van der Waals surface area (Å²) in [5, 5.41) is 16.0. The number of thioether (sulfide) groups is 1. The highest BCUT2D eigenvalue weighted by molar-refractivity contribution is 8.18. The third-order valence-corrected chi connectivity index (χ3v) is 4.64. The lowest BCUT2D eigenvalue weighted by Gasteiger charge is -2.01. The predicted molar refractivity (Wildman–Crippen MR) is 99.8 cm³/mol.